The second-order valence-corrected chi connectivity index (χ2v) is 8.06. The van der Waals surface area contributed by atoms with Crippen molar-refractivity contribution < 1.29 is 5.11 Å². The Morgan fingerprint density at radius 2 is 2.00 bits per heavy atom. The molecule has 6 heteroatoms. The highest BCUT2D eigenvalue weighted by atomic mass is 35.5. The van der Waals surface area contributed by atoms with E-state index in [0.29, 0.717) is 11.6 Å². The Labute approximate surface area is 163 Å². The standard InChI is InChI=1S/C21H23ClN4O/c22-15-6-3-5-14(11-15)19-12-20-23-18-9-2-1-8-17(18)21(26(20)24-19)25-10-4-7-16(27)13-25/h3,5-6,11-12,16,27H,1-2,4,7-10,13H2/t16-/m1/s1. The molecule has 0 spiro atoms. The van der Waals surface area contributed by atoms with Crippen LogP contribution in [-0.4, -0.2) is 38.9 Å². The van der Waals surface area contributed by atoms with Gasteiger partial charge in [-0.2, -0.15) is 9.61 Å². The lowest BCUT2D eigenvalue weighted by atomic mass is 9.95. The predicted octanol–water partition coefficient (Wildman–Crippen LogP) is 3.89. The van der Waals surface area contributed by atoms with Crippen molar-refractivity contribution in [3.8, 4) is 11.3 Å². The fourth-order valence-electron chi connectivity index (χ4n) is 4.39. The number of anilines is 1. The highest BCUT2D eigenvalue weighted by Crippen LogP contribution is 2.33. The Hall–Kier alpha value is -2.11. The van der Waals surface area contributed by atoms with Crippen LogP contribution in [0.2, 0.25) is 5.02 Å². The van der Waals surface area contributed by atoms with Crippen molar-refractivity contribution in [3.63, 3.8) is 0 Å². The van der Waals surface area contributed by atoms with Crippen LogP contribution in [0.4, 0.5) is 5.82 Å². The number of piperidine rings is 1. The van der Waals surface area contributed by atoms with Crippen molar-refractivity contribution >= 4 is 23.1 Å². The molecule has 3 heterocycles. The Morgan fingerprint density at radius 3 is 2.85 bits per heavy atom. The lowest BCUT2D eigenvalue weighted by Crippen LogP contribution is -2.40. The van der Waals surface area contributed by atoms with Gasteiger partial charge in [0.25, 0.3) is 0 Å². The number of benzene rings is 1. The molecule has 1 fully saturated rings. The molecule has 27 heavy (non-hydrogen) atoms. The molecule has 1 N–H and O–H groups in total. The zero-order valence-electron chi connectivity index (χ0n) is 15.2. The molecule has 0 saturated carbocycles. The minimum Gasteiger partial charge on any atom is -0.391 e. The molecule has 140 valence electrons. The lowest BCUT2D eigenvalue weighted by molar-refractivity contribution is 0.153. The van der Waals surface area contributed by atoms with Gasteiger partial charge in [-0.1, -0.05) is 23.7 Å². The minimum absolute atomic E-state index is 0.274. The summed E-state index contributed by atoms with van der Waals surface area (Å²) in [5.74, 6) is 1.13. The summed E-state index contributed by atoms with van der Waals surface area (Å²) in [6.07, 6.45) is 6.03. The molecule has 5 nitrogen and oxygen atoms in total. The van der Waals surface area contributed by atoms with Gasteiger partial charge in [0, 0.05) is 41.0 Å². The van der Waals surface area contributed by atoms with Crippen molar-refractivity contribution in [3.05, 3.63) is 46.6 Å². The van der Waals surface area contributed by atoms with Gasteiger partial charge in [-0.15, -0.1) is 0 Å². The molecule has 0 unspecified atom stereocenters. The monoisotopic (exact) mass is 382 g/mol. The summed E-state index contributed by atoms with van der Waals surface area (Å²) in [4.78, 5) is 7.24. The highest BCUT2D eigenvalue weighted by Gasteiger charge is 2.27. The SMILES string of the molecule is O[C@@H]1CCCN(c2c3c(nc4cc(-c5cccc(Cl)c5)nn24)CCCC3)C1. The molecule has 3 aromatic rings. The van der Waals surface area contributed by atoms with Crippen LogP contribution < -0.4 is 4.90 Å². The molecular formula is C21H23ClN4O. The van der Waals surface area contributed by atoms with Gasteiger partial charge in [-0.25, -0.2) is 4.98 Å². The molecule has 0 bridgehead atoms. The summed E-state index contributed by atoms with van der Waals surface area (Å²) in [6.45, 7) is 1.62. The summed E-state index contributed by atoms with van der Waals surface area (Å²) in [5.41, 5.74) is 5.26. The predicted molar refractivity (Wildman–Crippen MR) is 108 cm³/mol. The van der Waals surface area contributed by atoms with Gasteiger partial charge >= 0.3 is 0 Å². The van der Waals surface area contributed by atoms with Gasteiger partial charge in [0.15, 0.2) is 5.65 Å². The molecule has 2 aromatic heterocycles. The first kappa shape index (κ1) is 17.0. The Balaban J connectivity index is 1.70. The first-order valence-electron chi connectivity index (χ1n) is 9.79. The molecule has 1 atom stereocenters. The summed E-state index contributed by atoms with van der Waals surface area (Å²) >= 11 is 6.18. The average Bonchev–Trinajstić information content (AvgIpc) is 3.09. The quantitative estimate of drug-likeness (QED) is 0.730. The van der Waals surface area contributed by atoms with Crippen molar-refractivity contribution in [2.45, 2.75) is 44.6 Å². The van der Waals surface area contributed by atoms with Crippen molar-refractivity contribution in [2.75, 3.05) is 18.0 Å². The number of aryl methyl sites for hydroxylation is 1. The van der Waals surface area contributed by atoms with Crippen LogP contribution in [0.5, 0.6) is 0 Å². The lowest BCUT2D eigenvalue weighted by Gasteiger charge is -2.34. The molecule has 1 aliphatic heterocycles. The number of hydrogen-bond acceptors (Lipinski definition) is 4. The van der Waals surface area contributed by atoms with E-state index in [1.54, 1.807) is 0 Å². The van der Waals surface area contributed by atoms with Gasteiger partial charge in [0.05, 0.1) is 11.8 Å². The zero-order chi connectivity index (χ0) is 18.4. The van der Waals surface area contributed by atoms with E-state index in [9.17, 15) is 5.11 Å². The van der Waals surface area contributed by atoms with E-state index in [-0.39, 0.29) is 6.10 Å². The van der Waals surface area contributed by atoms with E-state index in [0.717, 1.165) is 55.0 Å². The highest BCUT2D eigenvalue weighted by molar-refractivity contribution is 6.30. The van der Waals surface area contributed by atoms with E-state index in [1.165, 1.54) is 24.1 Å². The zero-order valence-corrected chi connectivity index (χ0v) is 16.0. The van der Waals surface area contributed by atoms with Gasteiger partial charge in [-0.3, -0.25) is 0 Å². The maximum absolute atomic E-state index is 10.2. The van der Waals surface area contributed by atoms with Crippen LogP contribution in [0.3, 0.4) is 0 Å². The smallest absolute Gasteiger partial charge is 0.158 e. The summed E-state index contributed by atoms with van der Waals surface area (Å²) < 4.78 is 1.98. The van der Waals surface area contributed by atoms with Crippen molar-refractivity contribution in [1.29, 1.82) is 0 Å². The van der Waals surface area contributed by atoms with Crippen LogP contribution >= 0.6 is 11.6 Å². The van der Waals surface area contributed by atoms with E-state index < -0.39 is 0 Å². The van der Waals surface area contributed by atoms with Crippen LogP contribution in [-0.2, 0) is 12.8 Å². The number of β-amino-alcohol motifs (C(OH)–C–C–N with tert-alkyl or cyclic N) is 1. The number of nitrogens with zero attached hydrogens (tertiary/aromatic N) is 4. The third-order valence-corrected chi connectivity index (χ3v) is 5.90. The van der Waals surface area contributed by atoms with E-state index in [1.807, 2.05) is 34.8 Å². The first-order chi connectivity index (χ1) is 13.2. The molecule has 1 aromatic carbocycles. The fraction of sp³-hybridized carbons (Fsp3) is 0.429. The van der Waals surface area contributed by atoms with Crippen molar-refractivity contribution in [2.24, 2.45) is 0 Å². The molecule has 0 amide bonds. The van der Waals surface area contributed by atoms with Crippen molar-refractivity contribution in [1.82, 2.24) is 14.6 Å². The number of aromatic nitrogens is 3. The number of rotatable bonds is 2. The van der Waals surface area contributed by atoms with Crippen LogP contribution in [0, 0.1) is 0 Å². The van der Waals surface area contributed by atoms with E-state index in [4.69, 9.17) is 21.7 Å². The molecule has 0 radical (unpaired) electrons. The summed E-state index contributed by atoms with van der Waals surface area (Å²) in [7, 11) is 0. The average molecular weight is 383 g/mol. The molecule has 5 rings (SSSR count). The number of fused-ring (bicyclic) bond motifs is 2. The Kier molecular flexibility index (Phi) is 4.29. The third kappa shape index (κ3) is 3.09. The molecule has 2 aliphatic rings. The van der Waals surface area contributed by atoms with Crippen LogP contribution in [0.15, 0.2) is 30.3 Å². The maximum atomic E-state index is 10.2. The van der Waals surface area contributed by atoms with E-state index >= 15 is 0 Å². The Bertz CT molecular complexity index is 999. The molecule has 1 saturated heterocycles. The second kappa shape index (κ2) is 6.80. The molecule has 1 aliphatic carbocycles. The normalized spacial score (nSPS) is 20.1. The minimum atomic E-state index is -0.274. The summed E-state index contributed by atoms with van der Waals surface area (Å²) in [5, 5.41) is 15.8. The summed E-state index contributed by atoms with van der Waals surface area (Å²) in [6, 6.07) is 9.83. The first-order valence-corrected chi connectivity index (χ1v) is 10.2. The topological polar surface area (TPSA) is 53.7 Å². The number of halogens is 1. The largest absolute Gasteiger partial charge is 0.391 e. The number of aliphatic hydroxyl groups excluding tert-OH is 1. The van der Waals surface area contributed by atoms with Gasteiger partial charge in [0.2, 0.25) is 0 Å². The Morgan fingerprint density at radius 1 is 1.11 bits per heavy atom. The second-order valence-electron chi connectivity index (χ2n) is 7.62. The maximum Gasteiger partial charge on any atom is 0.158 e. The third-order valence-electron chi connectivity index (χ3n) is 5.67. The number of aliphatic hydroxyl groups is 1. The van der Waals surface area contributed by atoms with Crippen LogP contribution in [0.25, 0.3) is 16.9 Å². The van der Waals surface area contributed by atoms with Gasteiger partial charge < -0.3 is 10.0 Å². The van der Waals surface area contributed by atoms with Gasteiger partial charge in [0.1, 0.15) is 5.82 Å². The van der Waals surface area contributed by atoms with E-state index in [2.05, 4.69) is 4.90 Å². The van der Waals surface area contributed by atoms with Crippen LogP contribution in [0.1, 0.15) is 36.9 Å². The fourth-order valence-corrected chi connectivity index (χ4v) is 4.58. The molecular weight excluding hydrogens is 360 g/mol. The number of hydrogen-bond donors (Lipinski definition) is 1. The van der Waals surface area contributed by atoms with Gasteiger partial charge in [-0.05, 0) is 50.7 Å².